The fraction of sp³-hybridized carbons (Fsp3) is 0.360. The van der Waals surface area contributed by atoms with Crippen molar-refractivity contribution < 1.29 is 17.9 Å². The zero-order valence-electron chi connectivity index (χ0n) is 19.2. The number of rotatable bonds is 5. The third kappa shape index (κ3) is 5.04. The number of hydrogen-bond acceptors (Lipinski definition) is 6. The zero-order valence-corrected chi connectivity index (χ0v) is 20.0. The summed E-state index contributed by atoms with van der Waals surface area (Å²) in [5.41, 5.74) is 1.90. The number of anilines is 1. The van der Waals surface area contributed by atoms with Crippen molar-refractivity contribution in [1.29, 1.82) is 0 Å². The van der Waals surface area contributed by atoms with E-state index in [0.717, 1.165) is 47.1 Å². The first-order chi connectivity index (χ1) is 16.9. The van der Waals surface area contributed by atoms with Crippen LogP contribution in [0.4, 0.5) is 18.9 Å². The predicted molar refractivity (Wildman–Crippen MR) is 130 cm³/mol. The van der Waals surface area contributed by atoms with Crippen LogP contribution in [0.2, 0.25) is 0 Å². The fourth-order valence-electron chi connectivity index (χ4n) is 4.68. The van der Waals surface area contributed by atoms with Crippen molar-refractivity contribution >= 4 is 17.6 Å². The summed E-state index contributed by atoms with van der Waals surface area (Å²) < 4.78 is 50.9. The average Bonchev–Trinajstić information content (AvgIpc) is 2.85. The number of benzene rings is 2. The van der Waals surface area contributed by atoms with Crippen molar-refractivity contribution in [3.63, 3.8) is 0 Å². The van der Waals surface area contributed by atoms with Gasteiger partial charge in [0.05, 0.1) is 11.9 Å². The molecule has 1 aromatic heterocycles. The molecule has 2 heterocycles. The van der Waals surface area contributed by atoms with Crippen molar-refractivity contribution in [2.75, 3.05) is 37.3 Å². The van der Waals surface area contributed by atoms with Crippen molar-refractivity contribution in [3.8, 4) is 11.4 Å². The molecule has 1 saturated heterocycles. The van der Waals surface area contributed by atoms with Gasteiger partial charge in [0.15, 0.2) is 0 Å². The summed E-state index contributed by atoms with van der Waals surface area (Å²) in [4.78, 5) is 15.6. The summed E-state index contributed by atoms with van der Waals surface area (Å²) >= 11 is 1.67. The van der Waals surface area contributed by atoms with E-state index in [9.17, 15) is 18.0 Å². The molecule has 1 aliphatic heterocycles. The number of nitrogens with zero attached hydrogens (tertiary/aromatic N) is 4. The Kier molecular flexibility index (Phi) is 6.75. The molecule has 1 fully saturated rings. The van der Waals surface area contributed by atoms with E-state index in [2.05, 4.69) is 14.3 Å². The number of aromatic nitrogens is 2. The van der Waals surface area contributed by atoms with Gasteiger partial charge in [-0.3, -0.25) is 4.79 Å². The lowest BCUT2D eigenvalue weighted by Crippen LogP contribution is -2.44. The van der Waals surface area contributed by atoms with Crippen LogP contribution < -0.4 is 15.2 Å². The molecule has 1 atom stereocenters. The van der Waals surface area contributed by atoms with E-state index in [4.69, 9.17) is 4.74 Å². The quantitative estimate of drug-likeness (QED) is 0.492. The lowest BCUT2D eigenvalue weighted by molar-refractivity contribution is 0.181. The number of aryl methyl sites for hydroxylation is 1. The first-order valence-electron chi connectivity index (χ1n) is 11.5. The van der Waals surface area contributed by atoms with Crippen molar-refractivity contribution in [1.82, 2.24) is 14.1 Å². The van der Waals surface area contributed by atoms with Gasteiger partial charge in [0, 0.05) is 38.7 Å². The van der Waals surface area contributed by atoms with E-state index in [1.807, 2.05) is 6.26 Å². The highest BCUT2D eigenvalue weighted by Gasteiger charge is 2.27. The zero-order chi connectivity index (χ0) is 24.5. The van der Waals surface area contributed by atoms with Crippen LogP contribution in [0.3, 0.4) is 0 Å². The van der Waals surface area contributed by atoms with Crippen LogP contribution >= 0.6 is 11.9 Å². The second-order valence-corrected chi connectivity index (χ2v) is 9.58. The molecule has 0 spiro atoms. The van der Waals surface area contributed by atoms with Gasteiger partial charge >= 0.3 is 5.56 Å². The first-order valence-corrected chi connectivity index (χ1v) is 12.7. The van der Waals surface area contributed by atoms with E-state index in [0.29, 0.717) is 38.0 Å². The molecule has 0 bridgehead atoms. The van der Waals surface area contributed by atoms with Gasteiger partial charge in [-0.25, -0.2) is 17.5 Å². The van der Waals surface area contributed by atoms with Crippen LogP contribution in [-0.4, -0.2) is 52.6 Å². The van der Waals surface area contributed by atoms with Gasteiger partial charge < -0.3 is 9.64 Å². The van der Waals surface area contributed by atoms with Crippen LogP contribution in [0.15, 0.2) is 47.4 Å². The molecule has 0 saturated carbocycles. The molecular formula is C25H25F3N4O2S. The Morgan fingerprint density at radius 1 is 0.971 bits per heavy atom. The number of piperazine rings is 1. The second-order valence-electron chi connectivity index (χ2n) is 8.70. The topological polar surface area (TPSA) is 50.6 Å². The minimum atomic E-state index is -0.801. The second kappa shape index (κ2) is 9.94. The maximum Gasteiger partial charge on any atom is 0.316 e. The van der Waals surface area contributed by atoms with E-state index in [-0.39, 0.29) is 23.4 Å². The maximum atomic E-state index is 13.9. The van der Waals surface area contributed by atoms with Gasteiger partial charge in [-0.15, -0.1) is 0 Å². The number of ether oxygens (including phenoxy) is 1. The number of fused-ring (bicyclic) bond motifs is 1. The summed E-state index contributed by atoms with van der Waals surface area (Å²) in [5, 5.41) is 4.23. The van der Waals surface area contributed by atoms with Crippen molar-refractivity contribution in [2.24, 2.45) is 0 Å². The van der Waals surface area contributed by atoms with Crippen molar-refractivity contribution in [2.45, 2.75) is 25.4 Å². The largest absolute Gasteiger partial charge is 0.483 e. The Labute approximate surface area is 205 Å². The van der Waals surface area contributed by atoms with Crippen LogP contribution in [0, 0.1) is 17.5 Å². The molecule has 35 heavy (non-hydrogen) atoms. The molecule has 2 aromatic carbocycles. The Bertz CT molecular complexity index is 1270. The monoisotopic (exact) mass is 502 g/mol. The van der Waals surface area contributed by atoms with E-state index in [1.54, 1.807) is 24.1 Å². The number of halogens is 3. The molecule has 1 unspecified atom stereocenters. The van der Waals surface area contributed by atoms with Crippen LogP contribution in [0.1, 0.15) is 17.5 Å². The standard InChI is InChI=1S/C25H25F3N4O2S/c1-35-31-8-6-30(7-9-31)23-15-29-32(21-13-19(27)12-20(28)14-21)25(33)24(23)34-22-5-3-16-10-18(26)4-2-17(16)11-22/h2,4,10,12-15,22H,3,5-9,11H2,1H3. The molecule has 0 N–H and O–H groups in total. The average molecular weight is 503 g/mol. The highest BCUT2D eigenvalue weighted by atomic mass is 32.2. The summed E-state index contributed by atoms with van der Waals surface area (Å²) in [7, 11) is 0. The summed E-state index contributed by atoms with van der Waals surface area (Å²) in [5.74, 6) is -1.76. The predicted octanol–water partition coefficient (Wildman–Crippen LogP) is 3.99. The molecule has 184 valence electrons. The molecule has 5 rings (SSSR count). The molecular weight excluding hydrogens is 477 g/mol. The Hall–Kier alpha value is -2.98. The lowest BCUT2D eigenvalue weighted by Gasteiger charge is -2.35. The molecule has 6 nitrogen and oxygen atoms in total. The van der Waals surface area contributed by atoms with Gasteiger partial charge in [0.1, 0.15) is 29.2 Å². The third-order valence-electron chi connectivity index (χ3n) is 6.48. The highest BCUT2D eigenvalue weighted by molar-refractivity contribution is 7.96. The van der Waals surface area contributed by atoms with E-state index < -0.39 is 17.2 Å². The lowest BCUT2D eigenvalue weighted by atomic mass is 9.89. The minimum absolute atomic E-state index is 0.0134. The molecule has 3 aromatic rings. The van der Waals surface area contributed by atoms with Crippen molar-refractivity contribution in [3.05, 3.63) is 81.5 Å². The van der Waals surface area contributed by atoms with E-state index >= 15 is 0 Å². The normalized spacial score (nSPS) is 18.4. The smallest absolute Gasteiger partial charge is 0.316 e. The van der Waals surface area contributed by atoms with Gasteiger partial charge in [-0.1, -0.05) is 18.0 Å². The Morgan fingerprint density at radius 3 is 2.43 bits per heavy atom. The first kappa shape index (κ1) is 23.7. The Morgan fingerprint density at radius 2 is 1.71 bits per heavy atom. The molecule has 0 radical (unpaired) electrons. The Balaban J connectivity index is 1.51. The van der Waals surface area contributed by atoms with Crippen LogP contribution in [0.5, 0.6) is 5.75 Å². The number of hydrogen-bond donors (Lipinski definition) is 0. The van der Waals surface area contributed by atoms with Gasteiger partial charge in [0.2, 0.25) is 5.75 Å². The van der Waals surface area contributed by atoms with Gasteiger partial charge in [-0.05, 0) is 54.5 Å². The van der Waals surface area contributed by atoms with E-state index in [1.165, 1.54) is 12.3 Å². The maximum absolute atomic E-state index is 13.9. The van der Waals surface area contributed by atoms with Crippen LogP contribution in [-0.2, 0) is 12.8 Å². The van der Waals surface area contributed by atoms with Crippen LogP contribution in [0.25, 0.3) is 5.69 Å². The fourth-order valence-corrected chi connectivity index (χ4v) is 5.21. The summed E-state index contributed by atoms with van der Waals surface area (Å²) in [6.07, 6.45) is 5.04. The molecule has 1 aliphatic carbocycles. The van der Waals surface area contributed by atoms with Gasteiger partial charge in [-0.2, -0.15) is 9.78 Å². The molecule has 0 amide bonds. The molecule has 10 heteroatoms. The van der Waals surface area contributed by atoms with Gasteiger partial charge in [0.25, 0.3) is 0 Å². The highest BCUT2D eigenvalue weighted by Crippen LogP contribution is 2.31. The summed E-state index contributed by atoms with van der Waals surface area (Å²) in [6.45, 7) is 2.98. The summed E-state index contributed by atoms with van der Waals surface area (Å²) in [6, 6.07) is 7.58. The molecule has 2 aliphatic rings. The minimum Gasteiger partial charge on any atom is -0.483 e. The third-order valence-corrected chi connectivity index (χ3v) is 7.36. The SMILES string of the molecule is CSN1CCN(c2cnn(-c3cc(F)cc(F)c3)c(=O)c2OC2CCc3cc(F)ccc3C2)CC1.